The van der Waals surface area contributed by atoms with Gasteiger partial charge in [-0.1, -0.05) is 15.9 Å². The van der Waals surface area contributed by atoms with Crippen LogP contribution < -0.4 is 15.4 Å². The van der Waals surface area contributed by atoms with Crippen LogP contribution in [0.3, 0.4) is 0 Å². The van der Waals surface area contributed by atoms with E-state index in [2.05, 4.69) is 26.6 Å². The predicted molar refractivity (Wildman–Crippen MR) is 83.7 cm³/mol. The van der Waals surface area contributed by atoms with Gasteiger partial charge in [0.05, 0.1) is 5.69 Å². The van der Waals surface area contributed by atoms with Gasteiger partial charge in [-0.15, -0.1) is 0 Å². The molecule has 0 saturated carbocycles. The van der Waals surface area contributed by atoms with Gasteiger partial charge in [0, 0.05) is 22.8 Å². The van der Waals surface area contributed by atoms with Crippen molar-refractivity contribution in [2.24, 2.45) is 0 Å². The Balaban J connectivity index is 1.74. The Hall–Kier alpha value is -2.21. The highest BCUT2D eigenvalue weighted by atomic mass is 79.9. The predicted octanol–water partition coefficient (Wildman–Crippen LogP) is 3.10. The van der Waals surface area contributed by atoms with Crippen molar-refractivity contribution in [2.75, 3.05) is 17.2 Å². The summed E-state index contributed by atoms with van der Waals surface area (Å²) in [6, 6.07) is 10.6. The molecule has 5 nitrogen and oxygen atoms in total. The zero-order valence-corrected chi connectivity index (χ0v) is 12.6. The third-order valence-electron chi connectivity index (χ3n) is 3.13. The van der Waals surface area contributed by atoms with Gasteiger partial charge in [0.25, 0.3) is 5.91 Å². The number of rotatable bonds is 3. The highest BCUT2D eigenvalue weighted by Crippen LogP contribution is 2.31. The first-order valence-corrected chi connectivity index (χ1v) is 7.19. The summed E-state index contributed by atoms with van der Waals surface area (Å²) in [7, 11) is 0. The summed E-state index contributed by atoms with van der Waals surface area (Å²) < 4.78 is 6.30. The molecule has 3 N–H and O–H groups in total. The third kappa shape index (κ3) is 3.11. The van der Waals surface area contributed by atoms with Crippen molar-refractivity contribution in [2.45, 2.75) is 6.54 Å². The summed E-state index contributed by atoms with van der Waals surface area (Å²) in [5.74, 6) is 0.730. The van der Waals surface area contributed by atoms with Crippen LogP contribution >= 0.6 is 15.9 Å². The van der Waals surface area contributed by atoms with E-state index in [4.69, 9.17) is 4.74 Å². The summed E-state index contributed by atoms with van der Waals surface area (Å²) in [4.78, 5) is 11.2. The minimum absolute atomic E-state index is 0.0363. The molecule has 3 rings (SSSR count). The van der Waals surface area contributed by atoms with Crippen molar-refractivity contribution in [3.63, 3.8) is 0 Å². The summed E-state index contributed by atoms with van der Waals surface area (Å²) >= 11 is 3.45. The molecule has 0 aliphatic carbocycles. The molecule has 2 aromatic carbocycles. The van der Waals surface area contributed by atoms with Crippen LogP contribution in [0.4, 0.5) is 11.4 Å². The molecule has 0 spiro atoms. The molecule has 2 aromatic rings. The fourth-order valence-electron chi connectivity index (χ4n) is 2.08. The fraction of sp³-hybridized carbons (Fsp3) is 0.133. The Morgan fingerprint density at radius 3 is 3.00 bits per heavy atom. The van der Waals surface area contributed by atoms with Crippen LogP contribution in [0.5, 0.6) is 11.5 Å². The number of benzene rings is 2. The van der Waals surface area contributed by atoms with Gasteiger partial charge in [-0.05, 0) is 35.9 Å². The van der Waals surface area contributed by atoms with Crippen molar-refractivity contribution in [3.05, 3.63) is 46.4 Å². The molecule has 0 fully saturated rings. The second kappa shape index (κ2) is 5.65. The van der Waals surface area contributed by atoms with E-state index in [-0.39, 0.29) is 18.3 Å². The van der Waals surface area contributed by atoms with E-state index in [1.54, 1.807) is 24.3 Å². The molecular formula is C15H13BrN2O3. The maximum Gasteiger partial charge on any atom is 0.262 e. The Bertz CT molecular complexity index is 703. The molecule has 1 aliphatic rings. The van der Waals surface area contributed by atoms with Gasteiger partial charge in [0.2, 0.25) is 0 Å². The zero-order chi connectivity index (χ0) is 14.8. The summed E-state index contributed by atoms with van der Waals surface area (Å²) in [5, 5.41) is 15.5. The molecule has 6 heteroatoms. The summed E-state index contributed by atoms with van der Waals surface area (Å²) in [6.07, 6.45) is 0. The molecule has 0 atom stereocenters. The number of hydrogen-bond acceptors (Lipinski definition) is 4. The number of halogens is 1. The van der Waals surface area contributed by atoms with Gasteiger partial charge < -0.3 is 20.5 Å². The average molecular weight is 349 g/mol. The van der Waals surface area contributed by atoms with Gasteiger partial charge in [0.1, 0.15) is 11.5 Å². The molecular weight excluding hydrogens is 336 g/mol. The minimum Gasteiger partial charge on any atom is -0.508 e. The number of phenolic OH excluding ortho intramolecular Hbond substituents is 1. The quantitative estimate of drug-likeness (QED) is 0.796. The molecule has 21 heavy (non-hydrogen) atoms. The van der Waals surface area contributed by atoms with Gasteiger partial charge in [-0.25, -0.2) is 0 Å². The summed E-state index contributed by atoms with van der Waals surface area (Å²) in [6.45, 7) is 0.592. The van der Waals surface area contributed by atoms with Gasteiger partial charge >= 0.3 is 0 Å². The third-order valence-corrected chi connectivity index (χ3v) is 3.90. The number of amides is 1. The first-order chi connectivity index (χ1) is 10.1. The summed E-state index contributed by atoms with van der Waals surface area (Å²) in [5.41, 5.74) is 2.50. The van der Waals surface area contributed by atoms with Crippen molar-refractivity contribution >= 4 is 33.2 Å². The smallest absolute Gasteiger partial charge is 0.262 e. The number of anilines is 2. The molecule has 0 aromatic heterocycles. The molecule has 1 heterocycles. The maximum atomic E-state index is 11.2. The molecule has 0 bridgehead atoms. The van der Waals surface area contributed by atoms with E-state index in [0.29, 0.717) is 18.0 Å². The monoisotopic (exact) mass is 348 g/mol. The number of fused-ring (bicyclic) bond motifs is 1. The molecule has 0 radical (unpaired) electrons. The van der Waals surface area contributed by atoms with Crippen molar-refractivity contribution in [1.29, 1.82) is 0 Å². The van der Waals surface area contributed by atoms with Gasteiger partial charge in [0.15, 0.2) is 6.61 Å². The first-order valence-electron chi connectivity index (χ1n) is 6.40. The van der Waals surface area contributed by atoms with E-state index in [9.17, 15) is 9.90 Å². The lowest BCUT2D eigenvalue weighted by Crippen LogP contribution is -2.25. The molecule has 1 amide bonds. The van der Waals surface area contributed by atoms with E-state index in [1.807, 2.05) is 12.1 Å². The highest BCUT2D eigenvalue weighted by Gasteiger charge is 2.15. The topological polar surface area (TPSA) is 70.6 Å². The van der Waals surface area contributed by atoms with E-state index in [1.165, 1.54) is 0 Å². The van der Waals surface area contributed by atoms with Crippen molar-refractivity contribution in [1.82, 2.24) is 0 Å². The number of nitrogens with one attached hydrogen (secondary N) is 2. The SMILES string of the molecule is O=C1COc2cc(NCc3cc(O)ccc3Br)ccc2N1. The normalized spacial score (nSPS) is 13.1. The van der Waals surface area contributed by atoms with E-state index >= 15 is 0 Å². The number of carbonyl (C=O) groups is 1. The number of phenols is 1. The lowest BCUT2D eigenvalue weighted by molar-refractivity contribution is -0.118. The van der Waals surface area contributed by atoms with Crippen molar-refractivity contribution < 1.29 is 14.6 Å². The fourth-order valence-corrected chi connectivity index (χ4v) is 2.47. The van der Waals surface area contributed by atoms with Crippen LogP contribution in [-0.4, -0.2) is 17.6 Å². The number of aromatic hydroxyl groups is 1. The Morgan fingerprint density at radius 2 is 2.14 bits per heavy atom. The maximum absolute atomic E-state index is 11.2. The van der Waals surface area contributed by atoms with Crippen LogP contribution in [-0.2, 0) is 11.3 Å². The second-order valence-corrected chi connectivity index (χ2v) is 5.53. The Kier molecular flexibility index (Phi) is 3.70. The number of hydrogen-bond donors (Lipinski definition) is 3. The molecule has 0 saturated heterocycles. The largest absolute Gasteiger partial charge is 0.508 e. The highest BCUT2D eigenvalue weighted by molar-refractivity contribution is 9.10. The van der Waals surface area contributed by atoms with Crippen LogP contribution in [0, 0.1) is 0 Å². The van der Waals surface area contributed by atoms with Crippen molar-refractivity contribution in [3.8, 4) is 11.5 Å². The van der Waals surface area contributed by atoms with E-state index < -0.39 is 0 Å². The zero-order valence-electron chi connectivity index (χ0n) is 11.0. The van der Waals surface area contributed by atoms with Crippen LogP contribution in [0.1, 0.15) is 5.56 Å². The van der Waals surface area contributed by atoms with E-state index in [0.717, 1.165) is 15.7 Å². The van der Waals surface area contributed by atoms with Crippen LogP contribution in [0.15, 0.2) is 40.9 Å². The molecule has 0 unspecified atom stereocenters. The minimum atomic E-state index is -0.146. The lowest BCUT2D eigenvalue weighted by Gasteiger charge is -2.19. The van der Waals surface area contributed by atoms with Crippen LogP contribution in [0.2, 0.25) is 0 Å². The standard InChI is InChI=1S/C15H13BrN2O3/c16-12-3-2-11(19)5-9(12)7-17-10-1-4-13-14(6-10)21-8-15(20)18-13/h1-6,17,19H,7-8H2,(H,18,20). The molecule has 1 aliphatic heterocycles. The first kappa shape index (κ1) is 13.8. The Morgan fingerprint density at radius 1 is 1.29 bits per heavy atom. The lowest BCUT2D eigenvalue weighted by atomic mass is 10.2. The average Bonchev–Trinajstić information content (AvgIpc) is 2.48. The van der Waals surface area contributed by atoms with Crippen LogP contribution in [0.25, 0.3) is 0 Å². The Labute approximate surface area is 130 Å². The van der Waals surface area contributed by atoms with Gasteiger partial charge in [-0.3, -0.25) is 4.79 Å². The second-order valence-electron chi connectivity index (χ2n) is 4.68. The number of ether oxygens (including phenoxy) is 1. The van der Waals surface area contributed by atoms with Gasteiger partial charge in [-0.2, -0.15) is 0 Å². The number of carbonyl (C=O) groups excluding carboxylic acids is 1. The molecule has 108 valence electrons.